The second kappa shape index (κ2) is 5.25. The van der Waals surface area contributed by atoms with Crippen molar-refractivity contribution in [1.29, 1.82) is 0 Å². The molecule has 3 rings (SSSR count). The lowest BCUT2D eigenvalue weighted by Crippen LogP contribution is -2.05. The maximum Gasteiger partial charge on any atom is 0.168 e. The van der Waals surface area contributed by atoms with Crippen LogP contribution in [0.1, 0.15) is 27.2 Å². The minimum atomic E-state index is 0.0254. The zero-order valence-electron chi connectivity index (χ0n) is 11.1. The first kappa shape index (κ1) is 13.1. The molecule has 1 aliphatic heterocycles. The van der Waals surface area contributed by atoms with E-state index in [1.807, 2.05) is 25.1 Å². The van der Waals surface area contributed by atoms with Gasteiger partial charge in [0.05, 0.1) is 6.61 Å². The summed E-state index contributed by atoms with van der Waals surface area (Å²) in [6.45, 7) is 2.55. The Kier molecular flexibility index (Phi) is 3.45. The highest BCUT2D eigenvalue weighted by Crippen LogP contribution is 2.33. The van der Waals surface area contributed by atoms with Gasteiger partial charge in [0.1, 0.15) is 5.75 Å². The Morgan fingerprint density at radius 1 is 1.40 bits per heavy atom. The molecule has 0 atom stereocenters. The van der Waals surface area contributed by atoms with E-state index in [0.29, 0.717) is 17.2 Å². The van der Waals surface area contributed by atoms with Crippen molar-refractivity contribution in [3.63, 3.8) is 0 Å². The standard InChI is InChI=1S/C16H14ClNO2/c1-10-2-3-12(9-18-10)15(19)8-13-7-14(17)6-11-4-5-20-16(11)13/h2-3,6-7,9H,4-5,8H2,1H3. The van der Waals surface area contributed by atoms with Crippen molar-refractivity contribution in [3.8, 4) is 5.75 Å². The van der Waals surface area contributed by atoms with E-state index in [1.165, 1.54) is 0 Å². The summed E-state index contributed by atoms with van der Waals surface area (Å²) in [6.07, 6.45) is 2.75. The van der Waals surface area contributed by atoms with Crippen LogP contribution in [-0.2, 0) is 12.8 Å². The molecule has 2 aromatic rings. The molecule has 1 aromatic heterocycles. The normalized spacial score (nSPS) is 12.9. The zero-order valence-corrected chi connectivity index (χ0v) is 11.9. The van der Waals surface area contributed by atoms with E-state index >= 15 is 0 Å². The van der Waals surface area contributed by atoms with Gasteiger partial charge in [0.2, 0.25) is 0 Å². The first-order valence-corrected chi connectivity index (χ1v) is 6.91. The van der Waals surface area contributed by atoms with Crippen LogP contribution in [0.4, 0.5) is 0 Å². The fourth-order valence-corrected chi connectivity index (χ4v) is 2.65. The molecule has 2 heterocycles. The van der Waals surface area contributed by atoms with Gasteiger partial charge in [0.25, 0.3) is 0 Å². The first-order valence-electron chi connectivity index (χ1n) is 6.53. The second-order valence-electron chi connectivity index (χ2n) is 4.94. The highest BCUT2D eigenvalue weighted by Gasteiger charge is 2.19. The highest BCUT2D eigenvalue weighted by molar-refractivity contribution is 6.30. The number of Topliss-reactive ketones (excluding diaryl/α,β-unsaturated/α-hetero) is 1. The Bertz CT molecular complexity index is 665. The topological polar surface area (TPSA) is 39.2 Å². The lowest BCUT2D eigenvalue weighted by Gasteiger charge is -2.08. The summed E-state index contributed by atoms with van der Waals surface area (Å²) in [7, 11) is 0. The van der Waals surface area contributed by atoms with Gasteiger partial charge >= 0.3 is 0 Å². The Labute approximate surface area is 122 Å². The molecule has 4 heteroatoms. The number of nitrogens with zero attached hydrogens (tertiary/aromatic N) is 1. The number of aryl methyl sites for hydroxylation is 1. The van der Waals surface area contributed by atoms with Gasteiger partial charge in [0.15, 0.2) is 5.78 Å². The highest BCUT2D eigenvalue weighted by atomic mass is 35.5. The summed E-state index contributed by atoms with van der Waals surface area (Å²) in [6, 6.07) is 7.36. The SMILES string of the molecule is Cc1ccc(C(=O)Cc2cc(Cl)cc3c2OCC3)cn1. The van der Waals surface area contributed by atoms with E-state index < -0.39 is 0 Å². The molecular weight excluding hydrogens is 274 g/mol. The molecule has 20 heavy (non-hydrogen) atoms. The third kappa shape index (κ3) is 2.54. The van der Waals surface area contributed by atoms with Crippen molar-refractivity contribution in [3.05, 3.63) is 57.9 Å². The van der Waals surface area contributed by atoms with Gasteiger partial charge < -0.3 is 4.74 Å². The molecule has 1 aliphatic rings. The maximum absolute atomic E-state index is 12.3. The molecular formula is C16H14ClNO2. The Morgan fingerprint density at radius 3 is 3.00 bits per heavy atom. The number of carbonyl (C=O) groups excluding carboxylic acids is 1. The zero-order chi connectivity index (χ0) is 14.1. The average molecular weight is 288 g/mol. The average Bonchev–Trinajstić information content (AvgIpc) is 2.87. The third-order valence-electron chi connectivity index (χ3n) is 3.41. The number of halogens is 1. The van der Waals surface area contributed by atoms with Crippen LogP contribution in [0.25, 0.3) is 0 Å². The molecule has 0 saturated heterocycles. The Morgan fingerprint density at radius 2 is 2.25 bits per heavy atom. The molecule has 0 aliphatic carbocycles. The van der Waals surface area contributed by atoms with Crippen molar-refractivity contribution < 1.29 is 9.53 Å². The van der Waals surface area contributed by atoms with E-state index in [-0.39, 0.29) is 12.2 Å². The van der Waals surface area contributed by atoms with E-state index in [2.05, 4.69) is 4.98 Å². The predicted octanol–water partition coefficient (Wildman–Crippen LogP) is 3.40. The van der Waals surface area contributed by atoms with Gasteiger partial charge in [-0.15, -0.1) is 0 Å². The number of hydrogen-bond donors (Lipinski definition) is 0. The lowest BCUT2D eigenvalue weighted by molar-refractivity contribution is 0.0991. The van der Waals surface area contributed by atoms with Gasteiger partial charge in [-0.25, -0.2) is 0 Å². The van der Waals surface area contributed by atoms with Crippen LogP contribution in [0.15, 0.2) is 30.5 Å². The number of ketones is 1. The number of rotatable bonds is 3. The molecule has 0 fully saturated rings. The summed E-state index contributed by atoms with van der Waals surface area (Å²) in [5.41, 5.74) is 3.45. The minimum Gasteiger partial charge on any atom is -0.493 e. The van der Waals surface area contributed by atoms with Crippen LogP contribution in [0.3, 0.4) is 0 Å². The lowest BCUT2D eigenvalue weighted by atomic mass is 10.0. The van der Waals surface area contributed by atoms with Crippen LogP contribution in [-0.4, -0.2) is 17.4 Å². The van der Waals surface area contributed by atoms with Gasteiger partial charge in [0, 0.05) is 40.9 Å². The number of hydrogen-bond acceptors (Lipinski definition) is 3. The monoisotopic (exact) mass is 287 g/mol. The van der Waals surface area contributed by atoms with E-state index in [0.717, 1.165) is 29.0 Å². The molecule has 1 aromatic carbocycles. The van der Waals surface area contributed by atoms with Crippen molar-refractivity contribution >= 4 is 17.4 Å². The molecule has 0 N–H and O–H groups in total. The molecule has 0 radical (unpaired) electrons. The second-order valence-corrected chi connectivity index (χ2v) is 5.38. The van der Waals surface area contributed by atoms with Crippen molar-refractivity contribution in [2.24, 2.45) is 0 Å². The maximum atomic E-state index is 12.3. The number of fused-ring (bicyclic) bond motifs is 1. The summed E-state index contributed by atoms with van der Waals surface area (Å²) in [4.78, 5) is 16.5. The third-order valence-corrected chi connectivity index (χ3v) is 3.63. The van der Waals surface area contributed by atoms with Crippen molar-refractivity contribution in [1.82, 2.24) is 4.98 Å². The van der Waals surface area contributed by atoms with E-state index in [4.69, 9.17) is 16.3 Å². The fraction of sp³-hybridized carbons (Fsp3) is 0.250. The van der Waals surface area contributed by atoms with Crippen molar-refractivity contribution in [2.75, 3.05) is 6.61 Å². The molecule has 0 spiro atoms. The Hall–Kier alpha value is -1.87. The number of carbonyl (C=O) groups is 1. The number of benzene rings is 1. The molecule has 0 saturated carbocycles. The molecule has 0 bridgehead atoms. The van der Waals surface area contributed by atoms with Gasteiger partial charge in [-0.2, -0.15) is 0 Å². The molecule has 0 amide bonds. The van der Waals surface area contributed by atoms with Gasteiger partial charge in [-0.3, -0.25) is 9.78 Å². The number of ether oxygens (including phenoxy) is 1. The van der Waals surface area contributed by atoms with E-state index in [9.17, 15) is 4.79 Å². The molecule has 102 valence electrons. The van der Waals surface area contributed by atoms with Crippen LogP contribution >= 0.6 is 11.6 Å². The predicted molar refractivity (Wildman–Crippen MR) is 77.7 cm³/mol. The largest absolute Gasteiger partial charge is 0.493 e. The fourth-order valence-electron chi connectivity index (χ4n) is 2.39. The van der Waals surface area contributed by atoms with Crippen molar-refractivity contribution in [2.45, 2.75) is 19.8 Å². The van der Waals surface area contributed by atoms with Gasteiger partial charge in [-0.05, 0) is 36.8 Å². The van der Waals surface area contributed by atoms with Gasteiger partial charge in [-0.1, -0.05) is 11.6 Å². The van der Waals surface area contributed by atoms with Crippen LogP contribution in [0.5, 0.6) is 5.75 Å². The Balaban J connectivity index is 1.88. The minimum absolute atomic E-state index is 0.0254. The summed E-state index contributed by atoms with van der Waals surface area (Å²) < 4.78 is 5.61. The summed E-state index contributed by atoms with van der Waals surface area (Å²) >= 11 is 6.10. The summed E-state index contributed by atoms with van der Waals surface area (Å²) in [5.74, 6) is 0.847. The summed E-state index contributed by atoms with van der Waals surface area (Å²) in [5, 5.41) is 0.652. The number of aromatic nitrogens is 1. The smallest absolute Gasteiger partial charge is 0.168 e. The van der Waals surface area contributed by atoms with E-state index in [1.54, 1.807) is 12.3 Å². The molecule has 0 unspecified atom stereocenters. The number of pyridine rings is 1. The van der Waals surface area contributed by atoms with Crippen LogP contribution in [0.2, 0.25) is 5.02 Å². The van der Waals surface area contributed by atoms with Crippen LogP contribution in [0, 0.1) is 6.92 Å². The molecule has 3 nitrogen and oxygen atoms in total. The van der Waals surface area contributed by atoms with Crippen LogP contribution < -0.4 is 4.74 Å². The quantitative estimate of drug-likeness (QED) is 0.812. The first-order chi connectivity index (χ1) is 9.63.